The maximum Gasteiger partial charge on any atom is 0.287 e. The molecule has 3 amide bonds. The molecule has 0 saturated heterocycles. The summed E-state index contributed by atoms with van der Waals surface area (Å²) >= 11 is 0. The van der Waals surface area contributed by atoms with Crippen LogP contribution >= 0.6 is 0 Å². The molecule has 8 heteroatoms. The number of furan rings is 2. The van der Waals surface area contributed by atoms with E-state index in [0.717, 1.165) is 25.7 Å². The molecule has 0 radical (unpaired) electrons. The van der Waals surface area contributed by atoms with Crippen LogP contribution in [0.3, 0.4) is 0 Å². The highest BCUT2D eigenvalue weighted by Gasteiger charge is 2.33. The molecule has 1 saturated carbocycles. The predicted molar refractivity (Wildman–Crippen MR) is 120 cm³/mol. The van der Waals surface area contributed by atoms with Gasteiger partial charge in [0.15, 0.2) is 5.76 Å². The maximum atomic E-state index is 13.5. The lowest BCUT2D eigenvalue weighted by Crippen LogP contribution is -2.48. The summed E-state index contributed by atoms with van der Waals surface area (Å²) in [5, 5.41) is 5.69. The first kappa shape index (κ1) is 22.4. The number of amides is 3. The van der Waals surface area contributed by atoms with E-state index in [9.17, 15) is 14.4 Å². The zero-order chi connectivity index (χ0) is 23.0. The Balaban J connectivity index is 1.58. The number of benzene rings is 1. The zero-order valence-corrected chi connectivity index (χ0v) is 18.2. The summed E-state index contributed by atoms with van der Waals surface area (Å²) in [7, 11) is 0. The number of nitrogens with zero attached hydrogens (tertiary/aromatic N) is 1. The zero-order valence-electron chi connectivity index (χ0n) is 18.2. The molecule has 1 fully saturated rings. The summed E-state index contributed by atoms with van der Waals surface area (Å²) in [6.07, 6.45) is 6.92. The lowest BCUT2D eigenvalue weighted by atomic mass is 10.0. The molecular weight excluding hydrogens is 422 g/mol. The topological polar surface area (TPSA) is 105 Å². The van der Waals surface area contributed by atoms with Crippen molar-refractivity contribution in [3.8, 4) is 0 Å². The van der Waals surface area contributed by atoms with Gasteiger partial charge in [-0.2, -0.15) is 0 Å². The van der Waals surface area contributed by atoms with E-state index in [4.69, 9.17) is 8.83 Å². The molecule has 1 aliphatic rings. The van der Waals surface area contributed by atoms with Crippen LogP contribution < -0.4 is 10.6 Å². The molecule has 2 aromatic heterocycles. The molecule has 0 aliphatic heterocycles. The summed E-state index contributed by atoms with van der Waals surface area (Å²) in [6, 6.07) is 15.0. The van der Waals surface area contributed by atoms with E-state index in [1.165, 1.54) is 23.5 Å². The minimum atomic E-state index is -0.870. The lowest BCUT2D eigenvalue weighted by Gasteiger charge is -2.31. The molecule has 2 heterocycles. The van der Waals surface area contributed by atoms with E-state index in [2.05, 4.69) is 10.6 Å². The van der Waals surface area contributed by atoms with Crippen molar-refractivity contribution in [3.05, 3.63) is 84.2 Å². The molecule has 33 heavy (non-hydrogen) atoms. The van der Waals surface area contributed by atoms with Gasteiger partial charge in [0, 0.05) is 6.04 Å². The summed E-state index contributed by atoms with van der Waals surface area (Å²) in [5.41, 5.74) is 0.685. The number of carbonyl (C=O) groups excluding carboxylic acids is 3. The second-order valence-corrected chi connectivity index (χ2v) is 8.06. The number of hydrogen-bond acceptors (Lipinski definition) is 5. The summed E-state index contributed by atoms with van der Waals surface area (Å²) in [4.78, 5) is 40.5. The van der Waals surface area contributed by atoms with Crippen molar-refractivity contribution in [1.29, 1.82) is 0 Å². The highest BCUT2D eigenvalue weighted by Crippen LogP contribution is 2.26. The SMILES string of the molecule is O=C(NCC(=O)N(Cc1ccco1)C(C(=O)NC1CCCC1)c1ccccc1)c1ccco1. The third-order valence-electron chi connectivity index (χ3n) is 5.75. The van der Waals surface area contributed by atoms with Crippen molar-refractivity contribution < 1.29 is 23.2 Å². The van der Waals surface area contributed by atoms with Crippen LogP contribution in [0, 0.1) is 0 Å². The van der Waals surface area contributed by atoms with Gasteiger partial charge in [-0.1, -0.05) is 43.2 Å². The molecule has 1 atom stereocenters. The van der Waals surface area contributed by atoms with Gasteiger partial charge in [0.25, 0.3) is 5.91 Å². The molecule has 0 spiro atoms. The van der Waals surface area contributed by atoms with Crippen molar-refractivity contribution in [2.24, 2.45) is 0 Å². The third-order valence-corrected chi connectivity index (χ3v) is 5.75. The maximum absolute atomic E-state index is 13.5. The van der Waals surface area contributed by atoms with Crippen LogP contribution in [0.2, 0.25) is 0 Å². The fourth-order valence-electron chi connectivity index (χ4n) is 4.10. The van der Waals surface area contributed by atoms with Gasteiger partial charge in [-0.15, -0.1) is 0 Å². The molecule has 1 aliphatic carbocycles. The first-order valence-corrected chi connectivity index (χ1v) is 11.1. The van der Waals surface area contributed by atoms with Crippen LogP contribution in [-0.2, 0) is 16.1 Å². The predicted octanol–water partition coefficient (Wildman–Crippen LogP) is 3.43. The van der Waals surface area contributed by atoms with Crippen LogP contribution in [0.15, 0.2) is 76.0 Å². The molecule has 0 bridgehead atoms. The smallest absolute Gasteiger partial charge is 0.287 e. The second kappa shape index (κ2) is 10.7. The average molecular weight is 450 g/mol. The van der Waals surface area contributed by atoms with Gasteiger partial charge in [0.05, 0.1) is 25.6 Å². The minimum absolute atomic E-state index is 0.0834. The van der Waals surface area contributed by atoms with Gasteiger partial charge in [-0.05, 0) is 42.7 Å². The van der Waals surface area contributed by atoms with Crippen LogP contribution in [-0.4, -0.2) is 35.2 Å². The van der Waals surface area contributed by atoms with Gasteiger partial charge in [0.2, 0.25) is 11.8 Å². The first-order chi connectivity index (χ1) is 16.1. The average Bonchev–Trinajstić information content (AvgIpc) is 3.61. The highest BCUT2D eigenvalue weighted by atomic mass is 16.3. The van der Waals surface area contributed by atoms with E-state index in [1.54, 1.807) is 18.2 Å². The number of carbonyl (C=O) groups is 3. The molecule has 4 rings (SSSR count). The Kier molecular flexibility index (Phi) is 7.24. The molecular formula is C25H27N3O5. The summed E-state index contributed by atoms with van der Waals surface area (Å²) < 4.78 is 10.6. The summed E-state index contributed by atoms with van der Waals surface area (Å²) in [5.74, 6) is -0.514. The largest absolute Gasteiger partial charge is 0.467 e. The quantitative estimate of drug-likeness (QED) is 0.521. The minimum Gasteiger partial charge on any atom is -0.467 e. The fraction of sp³-hybridized carbons (Fsp3) is 0.320. The molecule has 1 aromatic carbocycles. The summed E-state index contributed by atoms with van der Waals surface area (Å²) in [6.45, 7) is -0.208. The highest BCUT2D eigenvalue weighted by molar-refractivity contribution is 5.95. The van der Waals surface area contributed by atoms with Gasteiger partial charge in [-0.3, -0.25) is 14.4 Å². The van der Waals surface area contributed by atoms with Gasteiger partial charge >= 0.3 is 0 Å². The lowest BCUT2D eigenvalue weighted by molar-refractivity contribution is -0.141. The second-order valence-electron chi connectivity index (χ2n) is 8.06. The van der Waals surface area contributed by atoms with Crippen molar-refractivity contribution in [3.63, 3.8) is 0 Å². The molecule has 3 aromatic rings. The van der Waals surface area contributed by atoms with Crippen molar-refractivity contribution in [2.45, 2.75) is 44.3 Å². The van der Waals surface area contributed by atoms with Crippen LogP contribution in [0.1, 0.15) is 53.6 Å². The Bertz CT molecular complexity index is 1040. The number of nitrogens with one attached hydrogen (secondary N) is 2. The third kappa shape index (κ3) is 5.71. The van der Waals surface area contributed by atoms with Crippen LogP contribution in [0.5, 0.6) is 0 Å². The molecule has 1 unspecified atom stereocenters. The Morgan fingerprint density at radius 3 is 2.33 bits per heavy atom. The van der Waals surface area contributed by atoms with Crippen molar-refractivity contribution in [1.82, 2.24) is 15.5 Å². The Hall–Kier alpha value is -3.81. The van der Waals surface area contributed by atoms with Crippen molar-refractivity contribution in [2.75, 3.05) is 6.54 Å². The Morgan fingerprint density at radius 1 is 0.939 bits per heavy atom. The molecule has 172 valence electrons. The van der Waals surface area contributed by atoms with E-state index >= 15 is 0 Å². The Morgan fingerprint density at radius 2 is 1.67 bits per heavy atom. The number of hydrogen-bond donors (Lipinski definition) is 2. The molecule has 8 nitrogen and oxygen atoms in total. The van der Waals surface area contributed by atoms with Crippen molar-refractivity contribution >= 4 is 17.7 Å². The van der Waals surface area contributed by atoms with Gasteiger partial charge < -0.3 is 24.4 Å². The fourth-order valence-corrected chi connectivity index (χ4v) is 4.10. The van der Waals surface area contributed by atoms with Crippen LogP contribution in [0.4, 0.5) is 0 Å². The van der Waals surface area contributed by atoms with E-state index < -0.39 is 17.9 Å². The Labute approximate surface area is 191 Å². The monoisotopic (exact) mass is 449 g/mol. The number of rotatable bonds is 9. The standard InChI is InChI=1S/C25H27N3O5/c29-22(16-26-24(30)21-13-7-15-33-21)28(17-20-12-6-14-32-20)23(18-8-2-1-3-9-18)25(31)27-19-10-4-5-11-19/h1-3,6-9,12-15,19,23H,4-5,10-11,16-17H2,(H,26,30)(H,27,31). The first-order valence-electron chi connectivity index (χ1n) is 11.1. The van der Waals surface area contributed by atoms with Gasteiger partial charge in [0.1, 0.15) is 11.8 Å². The van der Waals surface area contributed by atoms with Crippen LogP contribution in [0.25, 0.3) is 0 Å². The van der Waals surface area contributed by atoms with E-state index in [1.807, 2.05) is 30.3 Å². The normalized spacial score (nSPS) is 14.5. The van der Waals surface area contributed by atoms with E-state index in [0.29, 0.717) is 11.3 Å². The van der Waals surface area contributed by atoms with Gasteiger partial charge in [-0.25, -0.2) is 0 Å². The van der Waals surface area contributed by atoms with E-state index in [-0.39, 0.29) is 30.8 Å². The molecule has 2 N–H and O–H groups in total.